The number of carbonyl (C=O) groups is 3. The van der Waals surface area contributed by atoms with E-state index in [1.165, 1.54) is 0 Å². The van der Waals surface area contributed by atoms with Crippen LogP contribution in [0.1, 0.15) is 59.3 Å². The second-order valence-electron chi connectivity index (χ2n) is 10.4. The molecule has 0 bridgehead atoms. The maximum Gasteiger partial charge on any atom is 0.190 e. The van der Waals surface area contributed by atoms with Crippen molar-refractivity contribution in [1.29, 1.82) is 0 Å². The Morgan fingerprint density at radius 1 is 1.14 bits per heavy atom. The number of hydrogen-bond donors (Lipinski definition) is 2. The van der Waals surface area contributed by atoms with Gasteiger partial charge in [-0.1, -0.05) is 20.8 Å². The molecule has 0 amide bonds. The lowest BCUT2D eigenvalue weighted by Crippen LogP contribution is -2.71. The van der Waals surface area contributed by atoms with Crippen LogP contribution < -0.4 is 0 Å². The summed E-state index contributed by atoms with van der Waals surface area (Å²) in [7, 11) is 0. The lowest BCUT2D eigenvalue weighted by molar-refractivity contribution is -0.218. The van der Waals surface area contributed by atoms with Crippen molar-refractivity contribution in [3.63, 3.8) is 0 Å². The van der Waals surface area contributed by atoms with Crippen LogP contribution in [-0.4, -0.2) is 51.6 Å². The van der Waals surface area contributed by atoms with Crippen LogP contribution in [0.2, 0.25) is 0 Å². The van der Waals surface area contributed by atoms with Crippen LogP contribution in [0.25, 0.3) is 0 Å². The highest BCUT2D eigenvalue weighted by Crippen LogP contribution is 2.71. The van der Waals surface area contributed by atoms with Gasteiger partial charge in [0.05, 0.1) is 0 Å². The first-order valence-corrected chi connectivity index (χ1v) is 10.6. The molecule has 162 valence electrons. The number of aliphatic hydroxyl groups excluding tert-OH is 1. The van der Waals surface area contributed by atoms with Gasteiger partial charge in [-0.3, -0.25) is 14.4 Å². The maximum atomic E-state index is 16.9. The first kappa shape index (κ1) is 21.0. The molecule has 0 spiro atoms. The summed E-state index contributed by atoms with van der Waals surface area (Å²) in [6.07, 6.45) is -1.42. The lowest BCUT2D eigenvalue weighted by Gasteiger charge is -2.63. The summed E-state index contributed by atoms with van der Waals surface area (Å²) >= 11 is 0. The van der Waals surface area contributed by atoms with E-state index < -0.39 is 70.1 Å². The fourth-order valence-corrected chi connectivity index (χ4v) is 7.80. The van der Waals surface area contributed by atoms with Crippen molar-refractivity contribution in [2.75, 3.05) is 6.61 Å². The van der Waals surface area contributed by atoms with E-state index in [9.17, 15) is 24.6 Å². The minimum absolute atomic E-state index is 0.0470. The van der Waals surface area contributed by atoms with Crippen molar-refractivity contribution in [3.05, 3.63) is 0 Å². The standard InChI is InChI=1S/C22H30F2O5/c1-11-6-13-14-8-16(23)15-7-12(26)4-5-19(15,2)21(14,24)17(27)9-20(13,3)22(11,29)18(28)10-25/h11,13-16,25,29H,4-10H2,1-3H3/t11-,13-,14-,15-,16-,19-,20-,21-,22-/m0/s1. The third-order valence-electron chi connectivity index (χ3n) is 9.44. The summed E-state index contributed by atoms with van der Waals surface area (Å²) in [4.78, 5) is 37.9. The molecule has 4 aliphatic rings. The summed E-state index contributed by atoms with van der Waals surface area (Å²) < 4.78 is 32.2. The zero-order chi connectivity index (χ0) is 21.6. The Morgan fingerprint density at radius 2 is 1.79 bits per heavy atom. The molecule has 0 heterocycles. The van der Waals surface area contributed by atoms with Gasteiger partial charge in [0.2, 0.25) is 0 Å². The van der Waals surface area contributed by atoms with E-state index in [1.807, 2.05) is 0 Å². The molecule has 4 fully saturated rings. The number of rotatable bonds is 2. The van der Waals surface area contributed by atoms with Gasteiger partial charge in [0, 0.05) is 41.9 Å². The number of carbonyl (C=O) groups excluding carboxylic acids is 3. The summed E-state index contributed by atoms with van der Waals surface area (Å²) in [5.74, 6) is -4.49. The lowest BCUT2D eigenvalue weighted by atomic mass is 9.42. The molecule has 29 heavy (non-hydrogen) atoms. The molecule has 5 nitrogen and oxygen atoms in total. The summed E-state index contributed by atoms with van der Waals surface area (Å²) in [6, 6.07) is 0. The monoisotopic (exact) mass is 412 g/mol. The molecule has 0 radical (unpaired) electrons. The normalized spacial score (nSPS) is 54.5. The van der Waals surface area contributed by atoms with Gasteiger partial charge in [-0.2, -0.15) is 0 Å². The Morgan fingerprint density at radius 3 is 2.41 bits per heavy atom. The maximum absolute atomic E-state index is 16.9. The largest absolute Gasteiger partial charge is 0.388 e. The number of hydrogen-bond acceptors (Lipinski definition) is 5. The highest BCUT2D eigenvalue weighted by molar-refractivity contribution is 5.95. The third kappa shape index (κ3) is 2.24. The summed E-state index contributed by atoms with van der Waals surface area (Å²) in [6.45, 7) is 4.02. The molecule has 2 N–H and O–H groups in total. The Balaban J connectivity index is 1.83. The van der Waals surface area contributed by atoms with Crippen LogP contribution in [0, 0.1) is 34.5 Å². The molecule has 4 saturated carbocycles. The SMILES string of the molecule is C[C@H]1C[C@H]2[C@@H]3C[C@H](F)[C@@H]4CC(=O)CC[C@]4(C)[C@@]3(F)C(=O)C[C@]2(C)[C@@]1(O)C(=O)CO. The molecule has 9 atom stereocenters. The number of aliphatic hydroxyl groups is 2. The van der Waals surface area contributed by atoms with Crippen LogP contribution in [-0.2, 0) is 14.4 Å². The number of ketones is 3. The van der Waals surface area contributed by atoms with Crippen molar-refractivity contribution < 1.29 is 33.4 Å². The fraction of sp³-hybridized carbons (Fsp3) is 0.864. The number of Topliss-reactive ketones (excluding diaryl/α,β-unsaturated/α-hetero) is 3. The topological polar surface area (TPSA) is 91.7 Å². The molecule has 0 unspecified atom stereocenters. The quantitative estimate of drug-likeness (QED) is 0.727. The van der Waals surface area contributed by atoms with E-state index in [-0.39, 0.29) is 44.3 Å². The van der Waals surface area contributed by atoms with Gasteiger partial charge in [-0.05, 0) is 31.1 Å². The summed E-state index contributed by atoms with van der Waals surface area (Å²) in [5, 5.41) is 20.8. The van der Waals surface area contributed by atoms with E-state index in [0.717, 1.165) is 0 Å². The predicted molar refractivity (Wildman–Crippen MR) is 99.3 cm³/mol. The molecule has 0 aromatic rings. The molecule has 0 aromatic heterocycles. The molecule has 7 heteroatoms. The highest BCUT2D eigenvalue weighted by atomic mass is 19.1. The van der Waals surface area contributed by atoms with Crippen LogP contribution in [0.15, 0.2) is 0 Å². The van der Waals surface area contributed by atoms with Crippen molar-refractivity contribution in [1.82, 2.24) is 0 Å². The Bertz CT molecular complexity index is 785. The fourth-order valence-electron chi connectivity index (χ4n) is 7.80. The molecule has 4 aliphatic carbocycles. The van der Waals surface area contributed by atoms with E-state index in [2.05, 4.69) is 0 Å². The van der Waals surface area contributed by atoms with Gasteiger partial charge in [0.15, 0.2) is 17.2 Å². The van der Waals surface area contributed by atoms with Crippen molar-refractivity contribution >= 4 is 17.3 Å². The Labute approximate surface area is 169 Å². The molecule has 0 aromatic carbocycles. The average molecular weight is 412 g/mol. The van der Waals surface area contributed by atoms with Crippen LogP contribution in [0.5, 0.6) is 0 Å². The Hall–Kier alpha value is -1.21. The number of fused-ring (bicyclic) bond motifs is 5. The second kappa shape index (κ2) is 6.16. The van der Waals surface area contributed by atoms with Gasteiger partial charge < -0.3 is 10.2 Å². The molecule has 0 saturated heterocycles. The molecular weight excluding hydrogens is 382 g/mol. The zero-order valence-electron chi connectivity index (χ0n) is 17.2. The third-order valence-corrected chi connectivity index (χ3v) is 9.44. The van der Waals surface area contributed by atoms with Crippen molar-refractivity contribution in [3.8, 4) is 0 Å². The van der Waals surface area contributed by atoms with Crippen LogP contribution in [0.4, 0.5) is 8.78 Å². The minimum atomic E-state index is -2.28. The average Bonchev–Trinajstić information content (AvgIpc) is 2.86. The van der Waals surface area contributed by atoms with Gasteiger partial charge >= 0.3 is 0 Å². The van der Waals surface area contributed by atoms with Crippen LogP contribution >= 0.6 is 0 Å². The number of alkyl halides is 2. The molecule has 4 rings (SSSR count). The van der Waals surface area contributed by atoms with Gasteiger partial charge in [0.25, 0.3) is 0 Å². The molecule has 0 aliphatic heterocycles. The van der Waals surface area contributed by atoms with E-state index in [1.54, 1.807) is 20.8 Å². The van der Waals surface area contributed by atoms with E-state index >= 15 is 8.78 Å². The highest BCUT2D eigenvalue weighted by Gasteiger charge is 2.77. The van der Waals surface area contributed by atoms with Crippen molar-refractivity contribution in [2.24, 2.45) is 34.5 Å². The van der Waals surface area contributed by atoms with E-state index in [0.29, 0.717) is 0 Å². The smallest absolute Gasteiger partial charge is 0.190 e. The summed E-state index contributed by atoms with van der Waals surface area (Å²) in [5.41, 5.74) is -6.75. The predicted octanol–water partition coefficient (Wildman–Crippen LogP) is 2.36. The first-order valence-electron chi connectivity index (χ1n) is 10.6. The van der Waals surface area contributed by atoms with Crippen molar-refractivity contribution in [2.45, 2.75) is 76.7 Å². The first-order chi connectivity index (χ1) is 13.4. The van der Waals surface area contributed by atoms with Gasteiger partial charge in [0.1, 0.15) is 24.2 Å². The molecular formula is C22H30F2O5. The van der Waals surface area contributed by atoms with Crippen LogP contribution in [0.3, 0.4) is 0 Å². The Kier molecular flexibility index (Phi) is 4.47. The zero-order valence-corrected chi connectivity index (χ0v) is 17.2. The van der Waals surface area contributed by atoms with Gasteiger partial charge in [-0.25, -0.2) is 8.78 Å². The van der Waals surface area contributed by atoms with E-state index in [4.69, 9.17) is 0 Å². The van der Waals surface area contributed by atoms with Gasteiger partial charge in [-0.15, -0.1) is 0 Å². The number of halogens is 2. The second-order valence-corrected chi connectivity index (χ2v) is 10.4. The minimum Gasteiger partial charge on any atom is -0.388 e.